The molecule has 2 rings (SSSR count). The number of aromatic nitrogens is 2. The molecule has 0 bridgehead atoms. The Bertz CT molecular complexity index is 635. The molecule has 0 atom stereocenters. The third-order valence-electron chi connectivity index (χ3n) is 2.30. The van der Waals surface area contributed by atoms with E-state index in [4.69, 9.17) is 10.4 Å². The van der Waals surface area contributed by atoms with Gasteiger partial charge in [-0.15, -0.1) is 5.10 Å². The third kappa shape index (κ3) is 3.53. The van der Waals surface area contributed by atoms with E-state index in [0.717, 1.165) is 10.5 Å². The smallest absolute Gasteiger partial charge is 0.307 e. The zero-order chi connectivity index (χ0) is 13.7. The van der Waals surface area contributed by atoms with Gasteiger partial charge in [0.25, 0.3) is 0 Å². The molecule has 0 aliphatic carbocycles. The van der Waals surface area contributed by atoms with Crippen molar-refractivity contribution in [2.75, 3.05) is 0 Å². The Hall–Kier alpha value is -2.39. The summed E-state index contributed by atoms with van der Waals surface area (Å²) in [5.41, 5.74) is 1.20. The molecule has 0 radical (unpaired) electrons. The molecule has 19 heavy (non-hydrogen) atoms. The van der Waals surface area contributed by atoms with Crippen LogP contribution in [0, 0.1) is 11.3 Å². The van der Waals surface area contributed by atoms with Gasteiger partial charge in [0.2, 0.25) is 0 Å². The Kier molecular flexibility index (Phi) is 4.11. The second-order valence-corrected chi connectivity index (χ2v) is 4.74. The van der Waals surface area contributed by atoms with E-state index in [1.807, 2.05) is 0 Å². The van der Waals surface area contributed by atoms with E-state index in [1.54, 1.807) is 30.3 Å². The molecule has 5 nitrogen and oxygen atoms in total. The van der Waals surface area contributed by atoms with Crippen LogP contribution in [0.5, 0.6) is 0 Å². The zero-order valence-electron chi connectivity index (χ0n) is 9.78. The summed E-state index contributed by atoms with van der Waals surface area (Å²) in [6, 6.07) is 10.8. The summed E-state index contributed by atoms with van der Waals surface area (Å²) in [7, 11) is 0. The Labute approximate surface area is 113 Å². The lowest BCUT2D eigenvalue weighted by Gasteiger charge is -2.03. The second kappa shape index (κ2) is 5.98. The molecule has 1 heterocycles. The minimum atomic E-state index is -0.860. The number of benzene rings is 1. The number of hydrogen-bond acceptors (Lipinski definition) is 5. The van der Waals surface area contributed by atoms with Crippen LogP contribution in [0.4, 0.5) is 0 Å². The number of nitrogens with zero attached hydrogens (tertiary/aromatic N) is 3. The van der Waals surface area contributed by atoms with Gasteiger partial charge in [-0.3, -0.25) is 4.79 Å². The topological polar surface area (TPSA) is 86.9 Å². The molecule has 0 spiro atoms. The van der Waals surface area contributed by atoms with Gasteiger partial charge in [-0.25, -0.2) is 0 Å². The SMILES string of the molecule is N#Cc1ccnnc1Sc1ccc(CC(=O)O)cc1. The summed E-state index contributed by atoms with van der Waals surface area (Å²) >= 11 is 1.32. The van der Waals surface area contributed by atoms with Crippen LogP contribution in [0.1, 0.15) is 11.1 Å². The highest BCUT2D eigenvalue weighted by Gasteiger charge is 2.06. The van der Waals surface area contributed by atoms with Gasteiger partial charge in [0.1, 0.15) is 11.1 Å². The van der Waals surface area contributed by atoms with Crippen molar-refractivity contribution in [3.05, 3.63) is 47.7 Å². The first-order valence-electron chi connectivity index (χ1n) is 5.39. The van der Waals surface area contributed by atoms with Gasteiger partial charge in [0.15, 0.2) is 0 Å². The lowest BCUT2D eigenvalue weighted by molar-refractivity contribution is -0.136. The molecule has 0 saturated carbocycles. The molecule has 0 aliphatic heterocycles. The maximum absolute atomic E-state index is 10.6. The minimum Gasteiger partial charge on any atom is -0.481 e. The molecule has 6 heteroatoms. The van der Waals surface area contributed by atoms with E-state index < -0.39 is 5.97 Å². The lowest BCUT2D eigenvalue weighted by Crippen LogP contribution is -1.99. The maximum atomic E-state index is 10.6. The van der Waals surface area contributed by atoms with Crippen molar-refractivity contribution in [1.29, 1.82) is 5.26 Å². The lowest BCUT2D eigenvalue weighted by atomic mass is 10.2. The highest BCUT2D eigenvalue weighted by atomic mass is 32.2. The fourth-order valence-corrected chi connectivity index (χ4v) is 2.25. The van der Waals surface area contributed by atoms with Crippen molar-refractivity contribution in [3.8, 4) is 6.07 Å². The third-order valence-corrected chi connectivity index (χ3v) is 3.30. The first kappa shape index (κ1) is 13.1. The van der Waals surface area contributed by atoms with E-state index in [0.29, 0.717) is 10.6 Å². The standard InChI is InChI=1S/C13H9N3O2S/c14-8-10-5-6-15-16-13(10)19-11-3-1-9(2-4-11)7-12(17)18/h1-6H,7H2,(H,17,18). The molecule has 2 aromatic rings. The summed E-state index contributed by atoms with van der Waals surface area (Å²) in [4.78, 5) is 11.4. The molecule has 0 aliphatic rings. The Morgan fingerprint density at radius 2 is 2.05 bits per heavy atom. The summed E-state index contributed by atoms with van der Waals surface area (Å²) in [5, 5.41) is 25.8. The molecule has 1 aromatic heterocycles. The van der Waals surface area contributed by atoms with Crippen molar-refractivity contribution in [2.24, 2.45) is 0 Å². The van der Waals surface area contributed by atoms with E-state index in [1.165, 1.54) is 18.0 Å². The van der Waals surface area contributed by atoms with Crippen molar-refractivity contribution in [1.82, 2.24) is 10.2 Å². The van der Waals surface area contributed by atoms with Gasteiger partial charge >= 0.3 is 5.97 Å². The fourth-order valence-electron chi connectivity index (χ4n) is 1.44. The van der Waals surface area contributed by atoms with Crippen molar-refractivity contribution >= 4 is 17.7 Å². The largest absolute Gasteiger partial charge is 0.481 e. The molecule has 0 unspecified atom stereocenters. The van der Waals surface area contributed by atoms with Gasteiger partial charge in [-0.1, -0.05) is 23.9 Å². The molecule has 0 saturated heterocycles. The van der Waals surface area contributed by atoms with Crippen LogP contribution in [0.25, 0.3) is 0 Å². The average Bonchev–Trinajstić information content (AvgIpc) is 2.41. The Morgan fingerprint density at radius 1 is 1.32 bits per heavy atom. The van der Waals surface area contributed by atoms with E-state index in [9.17, 15) is 4.79 Å². The van der Waals surface area contributed by atoms with Crippen molar-refractivity contribution in [3.63, 3.8) is 0 Å². The molecule has 0 amide bonds. The highest BCUT2D eigenvalue weighted by Crippen LogP contribution is 2.27. The van der Waals surface area contributed by atoms with Crippen molar-refractivity contribution in [2.45, 2.75) is 16.3 Å². The number of nitriles is 1. The summed E-state index contributed by atoms with van der Waals surface area (Å²) in [6.45, 7) is 0. The quantitative estimate of drug-likeness (QED) is 0.916. The first-order valence-corrected chi connectivity index (χ1v) is 6.21. The number of hydrogen-bond donors (Lipinski definition) is 1. The Morgan fingerprint density at radius 3 is 2.68 bits per heavy atom. The van der Waals surface area contributed by atoms with Crippen molar-refractivity contribution < 1.29 is 9.90 Å². The van der Waals surface area contributed by atoms with Crippen LogP contribution in [-0.4, -0.2) is 21.3 Å². The molecular weight excluding hydrogens is 262 g/mol. The minimum absolute atomic E-state index is 0.000462. The molecule has 94 valence electrons. The summed E-state index contributed by atoms with van der Waals surface area (Å²) < 4.78 is 0. The summed E-state index contributed by atoms with van der Waals surface area (Å²) in [5.74, 6) is -0.860. The van der Waals surface area contributed by atoms with Crippen LogP contribution in [0.15, 0.2) is 46.5 Å². The van der Waals surface area contributed by atoms with Crippen LogP contribution in [0.3, 0.4) is 0 Å². The van der Waals surface area contributed by atoms with Gasteiger partial charge in [-0.05, 0) is 23.8 Å². The van der Waals surface area contributed by atoms with Gasteiger partial charge in [0.05, 0.1) is 18.2 Å². The van der Waals surface area contributed by atoms with Gasteiger partial charge in [0, 0.05) is 4.90 Å². The number of rotatable bonds is 4. The van der Waals surface area contributed by atoms with Crippen LogP contribution in [-0.2, 0) is 11.2 Å². The number of carboxylic acid groups (broad SMARTS) is 1. The Balaban J connectivity index is 2.16. The molecule has 1 aromatic carbocycles. The maximum Gasteiger partial charge on any atom is 0.307 e. The normalized spacial score (nSPS) is 9.84. The summed E-state index contributed by atoms with van der Waals surface area (Å²) in [6.07, 6.45) is 1.47. The fraction of sp³-hybridized carbons (Fsp3) is 0.0769. The number of carboxylic acids is 1. The van der Waals surface area contributed by atoms with Gasteiger partial charge in [-0.2, -0.15) is 10.4 Å². The van der Waals surface area contributed by atoms with E-state index in [-0.39, 0.29) is 6.42 Å². The first-order chi connectivity index (χ1) is 9.19. The highest BCUT2D eigenvalue weighted by molar-refractivity contribution is 7.99. The second-order valence-electron chi connectivity index (χ2n) is 3.68. The monoisotopic (exact) mass is 271 g/mol. The number of aliphatic carboxylic acids is 1. The van der Waals surface area contributed by atoms with Crippen LogP contribution >= 0.6 is 11.8 Å². The van der Waals surface area contributed by atoms with Gasteiger partial charge < -0.3 is 5.11 Å². The predicted octanol–water partition coefficient (Wildman–Crippen LogP) is 2.13. The average molecular weight is 271 g/mol. The van der Waals surface area contributed by atoms with E-state index >= 15 is 0 Å². The molecule has 1 N–H and O–H groups in total. The molecule has 0 fully saturated rings. The number of carbonyl (C=O) groups is 1. The molecular formula is C13H9N3O2S. The predicted molar refractivity (Wildman–Crippen MR) is 68.7 cm³/mol. The van der Waals surface area contributed by atoms with Crippen LogP contribution in [0.2, 0.25) is 0 Å². The zero-order valence-corrected chi connectivity index (χ0v) is 10.6. The van der Waals surface area contributed by atoms with Crippen LogP contribution < -0.4 is 0 Å². The van der Waals surface area contributed by atoms with E-state index in [2.05, 4.69) is 16.3 Å².